The molecule has 0 bridgehead atoms. The first-order valence-electron chi connectivity index (χ1n) is 10.0. The van der Waals surface area contributed by atoms with Crippen LogP contribution in [0.15, 0.2) is 78.9 Å². The fourth-order valence-electron chi connectivity index (χ4n) is 4.05. The van der Waals surface area contributed by atoms with Gasteiger partial charge in [-0.3, -0.25) is 0 Å². The first-order valence-corrected chi connectivity index (χ1v) is 15.8. The second-order valence-corrected chi connectivity index (χ2v) is 13.2. The van der Waals surface area contributed by atoms with E-state index in [4.69, 9.17) is 4.74 Å². The Morgan fingerprint density at radius 2 is 1.42 bits per heavy atom. The molecule has 0 N–H and O–H groups in total. The summed E-state index contributed by atoms with van der Waals surface area (Å²) >= 11 is -11.2. The van der Waals surface area contributed by atoms with Crippen LogP contribution in [0.3, 0.4) is 0 Å². The van der Waals surface area contributed by atoms with Crippen molar-refractivity contribution in [3.05, 3.63) is 84.4 Å². The van der Waals surface area contributed by atoms with Gasteiger partial charge < -0.3 is 4.74 Å². The molecule has 1 aromatic heterocycles. The second-order valence-electron chi connectivity index (χ2n) is 7.71. The Bertz CT molecular complexity index is 1330. The molecule has 33 heavy (non-hydrogen) atoms. The third-order valence-electron chi connectivity index (χ3n) is 5.32. The predicted molar refractivity (Wildman–Crippen MR) is 118 cm³/mol. The molecule has 3 aromatic carbocycles. The van der Waals surface area contributed by atoms with E-state index in [0.29, 0.717) is 0 Å². The summed E-state index contributed by atoms with van der Waals surface area (Å²) in [5, 5.41) is 2.56. The van der Waals surface area contributed by atoms with E-state index >= 15 is 0 Å². The summed E-state index contributed by atoms with van der Waals surface area (Å²) in [6.07, 6.45) is 1.04. The molecule has 2 heterocycles. The van der Waals surface area contributed by atoms with Gasteiger partial charge in [0.1, 0.15) is 5.75 Å². The zero-order valence-electron chi connectivity index (χ0n) is 17.5. The van der Waals surface area contributed by atoms with E-state index < -0.39 is 19.5 Å². The molecule has 0 saturated heterocycles. The zero-order chi connectivity index (χ0) is 23.9. The summed E-state index contributed by atoms with van der Waals surface area (Å²) in [5.74, 6) is 0.909. The third-order valence-corrected chi connectivity index (χ3v) is 5.32. The molecule has 1 aliphatic rings. The molecule has 174 valence electrons. The van der Waals surface area contributed by atoms with Gasteiger partial charge in [-0.2, -0.15) is 4.57 Å². The molecular formula is C24H20F6NOSb. The number of halogens is 6. The monoisotopic (exact) mass is 573 g/mol. The van der Waals surface area contributed by atoms with E-state index in [0.717, 1.165) is 18.7 Å². The Kier molecular flexibility index (Phi) is 5.44. The van der Waals surface area contributed by atoms with Crippen LogP contribution in [-0.4, -0.2) is 26.6 Å². The van der Waals surface area contributed by atoms with Crippen molar-refractivity contribution >= 4 is 30.2 Å². The van der Waals surface area contributed by atoms with Gasteiger partial charge in [-0.25, -0.2) is 0 Å². The van der Waals surface area contributed by atoms with E-state index in [9.17, 15) is 16.9 Å². The number of hydrogen-bond donors (Lipinski definition) is 0. The normalized spacial score (nSPS) is 14.8. The quantitative estimate of drug-likeness (QED) is 0.141. The molecule has 0 aliphatic carbocycles. The molecule has 0 fully saturated rings. The predicted octanol–water partition coefficient (Wildman–Crippen LogP) is 7.17. The average molecular weight is 574 g/mol. The van der Waals surface area contributed by atoms with Crippen LogP contribution in [0.1, 0.15) is 5.56 Å². The van der Waals surface area contributed by atoms with Crippen LogP contribution >= 0.6 is 0 Å². The van der Waals surface area contributed by atoms with Gasteiger partial charge >= 0.3 is 36.4 Å². The topological polar surface area (TPSA) is 13.1 Å². The number of aryl methyl sites for hydroxylation is 1. The Morgan fingerprint density at radius 1 is 0.788 bits per heavy atom. The summed E-state index contributed by atoms with van der Waals surface area (Å²) in [5.41, 5.74) is 6.49. The molecule has 0 unspecified atom stereocenters. The molecule has 0 spiro atoms. The summed E-state index contributed by atoms with van der Waals surface area (Å²) < 4.78 is 67.5. The van der Waals surface area contributed by atoms with Crippen molar-refractivity contribution < 1.29 is 26.2 Å². The van der Waals surface area contributed by atoms with Crippen LogP contribution in [0.5, 0.6) is 5.75 Å². The molecule has 1 aliphatic heterocycles. The van der Waals surface area contributed by atoms with Gasteiger partial charge in [0.15, 0.2) is 6.54 Å². The molecule has 9 heteroatoms. The number of fused-ring (bicyclic) bond motifs is 5. The number of rotatable bonds is 2. The van der Waals surface area contributed by atoms with Crippen molar-refractivity contribution in [3.8, 4) is 28.3 Å². The molecule has 0 amide bonds. The fraction of sp³-hybridized carbons (Fsp3) is 0.125. The van der Waals surface area contributed by atoms with Crippen molar-refractivity contribution in [2.24, 2.45) is 0 Å². The van der Waals surface area contributed by atoms with Crippen LogP contribution in [0.25, 0.3) is 33.3 Å². The average Bonchev–Trinajstić information content (AvgIpc) is 2.76. The van der Waals surface area contributed by atoms with Gasteiger partial charge in [-0.1, -0.05) is 42.5 Å². The standard InChI is InChI=1S/C24H20NO.6FH.Sb/c1-26-20-12-11-17-13-14-25-23(18-7-3-2-4-8-18)15-19-9-5-6-10-21(19)24(25)22(17)16-20;;;;;;;/h2-12,15-16H,13-14H2,1H3;6*1H;/q+1;;;;;;;+5/p-6. The van der Waals surface area contributed by atoms with Crippen LogP contribution in [0, 0.1) is 0 Å². The van der Waals surface area contributed by atoms with Gasteiger partial charge in [0.2, 0.25) is 11.4 Å². The van der Waals surface area contributed by atoms with Crippen molar-refractivity contribution in [3.63, 3.8) is 0 Å². The first-order chi connectivity index (χ1) is 15.3. The van der Waals surface area contributed by atoms with Crippen molar-refractivity contribution in [1.82, 2.24) is 0 Å². The number of methoxy groups -OCH3 is 1. The van der Waals surface area contributed by atoms with Crippen LogP contribution in [0.2, 0.25) is 0 Å². The molecule has 2 nitrogen and oxygen atoms in total. The van der Waals surface area contributed by atoms with Gasteiger partial charge in [0.05, 0.1) is 18.1 Å². The molecular weight excluding hydrogens is 554 g/mol. The van der Waals surface area contributed by atoms with Crippen LogP contribution in [-0.2, 0) is 13.0 Å². The Balaban J connectivity index is 0.000000325. The summed E-state index contributed by atoms with van der Waals surface area (Å²) in [6.45, 7) is 0.990. The summed E-state index contributed by atoms with van der Waals surface area (Å²) in [6, 6.07) is 28.1. The summed E-state index contributed by atoms with van der Waals surface area (Å²) in [4.78, 5) is 0. The minimum atomic E-state index is -11.2. The van der Waals surface area contributed by atoms with Crippen molar-refractivity contribution in [1.29, 1.82) is 0 Å². The Hall–Kier alpha value is -2.73. The van der Waals surface area contributed by atoms with Gasteiger partial charge in [0, 0.05) is 18.1 Å². The van der Waals surface area contributed by atoms with Gasteiger partial charge in [0.25, 0.3) is 0 Å². The molecule has 4 aromatic rings. The molecule has 5 rings (SSSR count). The molecule has 0 atom stereocenters. The van der Waals surface area contributed by atoms with Crippen molar-refractivity contribution in [2.75, 3.05) is 7.11 Å². The van der Waals surface area contributed by atoms with E-state index in [-0.39, 0.29) is 0 Å². The SMILES string of the molecule is COc1ccc2c(c1)-c1c3ccccc3cc(-c3ccccc3)[n+]1CC2.[F][Sb-]([F])([F])([F])([F])[F]. The summed E-state index contributed by atoms with van der Waals surface area (Å²) in [7, 11) is 1.73. The zero-order valence-corrected chi connectivity index (χ0v) is 20.0. The van der Waals surface area contributed by atoms with E-state index in [1.165, 1.54) is 38.9 Å². The number of hydrogen-bond acceptors (Lipinski definition) is 1. The number of pyridine rings is 1. The van der Waals surface area contributed by atoms with Crippen LogP contribution < -0.4 is 9.30 Å². The van der Waals surface area contributed by atoms with E-state index in [1.807, 2.05) is 0 Å². The molecule has 0 radical (unpaired) electrons. The number of ether oxygens (including phenoxy) is 1. The van der Waals surface area contributed by atoms with Gasteiger partial charge in [-0.15, -0.1) is 0 Å². The van der Waals surface area contributed by atoms with Gasteiger partial charge in [-0.05, 0) is 41.3 Å². The first kappa shape index (κ1) is 23.4. The number of aromatic nitrogens is 1. The Morgan fingerprint density at radius 3 is 2.09 bits per heavy atom. The second kappa shape index (κ2) is 7.66. The minimum absolute atomic E-state index is 0.909. The number of benzene rings is 3. The third kappa shape index (κ3) is 5.99. The fourth-order valence-corrected chi connectivity index (χ4v) is 4.05. The van der Waals surface area contributed by atoms with Crippen LogP contribution in [0.4, 0.5) is 16.9 Å². The molecule has 0 saturated carbocycles. The van der Waals surface area contributed by atoms with E-state index in [1.54, 1.807) is 7.11 Å². The van der Waals surface area contributed by atoms with Crippen molar-refractivity contribution in [2.45, 2.75) is 13.0 Å². The van der Waals surface area contributed by atoms with E-state index in [2.05, 4.69) is 83.4 Å². The maximum atomic E-state index is 9.93. The number of nitrogens with zero attached hydrogens (tertiary/aromatic N) is 1. The maximum absolute atomic E-state index is 11.2. The Labute approximate surface area is 189 Å².